The van der Waals surface area contributed by atoms with Crippen LogP contribution >= 0.6 is 0 Å². The molecule has 2 aromatic rings. The summed E-state index contributed by atoms with van der Waals surface area (Å²) in [5, 5.41) is 9.99. The average Bonchev–Trinajstić information content (AvgIpc) is 2.53. The molecular formula is C20H18O3. The molecule has 0 aliphatic carbocycles. The summed E-state index contributed by atoms with van der Waals surface area (Å²) in [7, 11) is 0. The molecule has 2 aromatic carbocycles. The maximum absolute atomic E-state index is 12.1. The van der Waals surface area contributed by atoms with E-state index in [-0.39, 0.29) is 17.1 Å². The zero-order chi connectivity index (χ0) is 16.7. The van der Waals surface area contributed by atoms with Crippen molar-refractivity contribution < 1.29 is 14.6 Å². The van der Waals surface area contributed by atoms with Gasteiger partial charge in [0.2, 0.25) is 0 Å². The Bertz CT molecular complexity index is 756. The highest BCUT2D eigenvalue weighted by Gasteiger charge is 2.09. The summed E-state index contributed by atoms with van der Waals surface area (Å²) >= 11 is 0. The van der Waals surface area contributed by atoms with Crippen LogP contribution in [-0.2, 0) is 0 Å². The number of benzene rings is 2. The third-order valence-corrected chi connectivity index (χ3v) is 3.02. The Morgan fingerprint density at radius 1 is 1.13 bits per heavy atom. The van der Waals surface area contributed by atoms with E-state index in [4.69, 9.17) is 4.74 Å². The first-order chi connectivity index (χ1) is 11.1. The van der Waals surface area contributed by atoms with Gasteiger partial charge >= 0.3 is 0 Å². The number of allylic oxidation sites excluding steroid dienone is 3. The van der Waals surface area contributed by atoms with E-state index in [9.17, 15) is 9.90 Å². The van der Waals surface area contributed by atoms with Crippen molar-refractivity contribution in [3.05, 3.63) is 90.2 Å². The maximum Gasteiger partial charge on any atom is 0.189 e. The molecular weight excluding hydrogens is 288 g/mol. The molecule has 0 atom stereocenters. The van der Waals surface area contributed by atoms with Crippen LogP contribution in [0.2, 0.25) is 0 Å². The summed E-state index contributed by atoms with van der Waals surface area (Å²) in [6, 6.07) is 14.1. The Morgan fingerprint density at radius 2 is 1.87 bits per heavy atom. The van der Waals surface area contributed by atoms with Gasteiger partial charge in [-0.2, -0.15) is 0 Å². The number of carbonyl (C=O) groups excluding carboxylic acids is 1. The number of phenols is 1. The average molecular weight is 306 g/mol. The van der Waals surface area contributed by atoms with Gasteiger partial charge in [0.1, 0.15) is 11.5 Å². The van der Waals surface area contributed by atoms with E-state index in [0.29, 0.717) is 5.75 Å². The molecule has 0 fully saturated rings. The van der Waals surface area contributed by atoms with Crippen LogP contribution < -0.4 is 4.74 Å². The van der Waals surface area contributed by atoms with Gasteiger partial charge in [-0.3, -0.25) is 4.79 Å². The Morgan fingerprint density at radius 3 is 2.52 bits per heavy atom. The fourth-order valence-electron chi connectivity index (χ4n) is 1.85. The number of hydrogen-bond acceptors (Lipinski definition) is 3. The first-order valence-electron chi connectivity index (χ1n) is 7.15. The summed E-state index contributed by atoms with van der Waals surface area (Å²) in [4.78, 5) is 12.1. The lowest BCUT2D eigenvalue weighted by atomic mass is 10.1. The van der Waals surface area contributed by atoms with Crippen LogP contribution in [0.4, 0.5) is 0 Å². The van der Waals surface area contributed by atoms with Gasteiger partial charge in [-0.05, 0) is 36.8 Å². The van der Waals surface area contributed by atoms with Crippen molar-refractivity contribution in [3.8, 4) is 11.5 Å². The number of hydrogen-bond donors (Lipinski definition) is 1. The molecule has 3 nitrogen and oxygen atoms in total. The smallest absolute Gasteiger partial charge is 0.189 e. The van der Waals surface area contributed by atoms with Crippen molar-refractivity contribution in [2.75, 3.05) is 0 Å². The van der Waals surface area contributed by atoms with Crippen molar-refractivity contribution in [2.45, 2.75) is 6.92 Å². The third-order valence-electron chi connectivity index (χ3n) is 3.02. The first-order valence-corrected chi connectivity index (χ1v) is 7.15. The summed E-state index contributed by atoms with van der Waals surface area (Å²) in [5.41, 5.74) is 2.01. The van der Waals surface area contributed by atoms with Gasteiger partial charge in [0.05, 0.1) is 11.8 Å². The lowest BCUT2D eigenvalue weighted by Crippen LogP contribution is -1.95. The predicted octanol–water partition coefficient (Wildman–Crippen LogP) is 4.76. The molecule has 0 aliphatic rings. The van der Waals surface area contributed by atoms with E-state index in [1.165, 1.54) is 24.5 Å². The zero-order valence-corrected chi connectivity index (χ0v) is 12.9. The van der Waals surface area contributed by atoms with Crippen LogP contribution in [0.1, 0.15) is 22.8 Å². The van der Waals surface area contributed by atoms with Crippen LogP contribution in [0, 0.1) is 0 Å². The van der Waals surface area contributed by atoms with Crippen molar-refractivity contribution in [1.29, 1.82) is 0 Å². The second kappa shape index (κ2) is 7.80. The van der Waals surface area contributed by atoms with Crippen molar-refractivity contribution >= 4 is 11.9 Å². The van der Waals surface area contributed by atoms with E-state index < -0.39 is 0 Å². The van der Waals surface area contributed by atoms with Crippen LogP contribution in [0.3, 0.4) is 0 Å². The van der Waals surface area contributed by atoms with E-state index >= 15 is 0 Å². The lowest BCUT2D eigenvalue weighted by molar-refractivity contribution is 0.104. The van der Waals surface area contributed by atoms with Gasteiger partial charge in [0, 0.05) is 6.07 Å². The number of ketones is 1. The minimum absolute atomic E-state index is 0.117. The second-order valence-corrected chi connectivity index (χ2v) is 5.05. The summed E-state index contributed by atoms with van der Waals surface area (Å²) < 4.78 is 5.33. The fourth-order valence-corrected chi connectivity index (χ4v) is 1.85. The maximum atomic E-state index is 12.1. The molecule has 3 heteroatoms. The highest BCUT2D eigenvalue weighted by atomic mass is 16.5. The number of rotatable bonds is 6. The largest absolute Gasteiger partial charge is 0.507 e. The van der Waals surface area contributed by atoms with E-state index in [0.717, 1.165) is 11.1 Å². The summed E-state index contributed by atoms with van der Waals surface area (Å²) in [6.07, 6.45) is 6.33. The van der Waals surface area contributed by atoms with Crippen molar-refractivity contribution in [1.82, 2.24) is 0 Å². The Balaban J connectivity index is 2.09. The van der Waals surface area contributed by atoms with Gasteiger partial charge in [0.25, 0.3) is 0 Å². The Labute approximate surface area is 135 Å². The second-order valence-electron chi connectivity index (χ2n) is 5.05. The van der Waals surface area contributed by atoms with Crippen LogP contribution in [-0.4, -0.2) is 10.9 Å². The van der Waals surface area contributed by atoms with E-state index in [1.807, 2.05) is 37.3 Å². The highest BCUT2D eigenvalue weighted by Crippen LogP contribution is 2.24. The monoisotopic (exact) mass is 306 g/mol. The molecule has 23 heavy (non-hydrogen) atoms. The van der Waals surface area contributed by atoms with Gasteiger partial charge in [-0.25, -0.2) is 0 Å². The number of carbonyl (C=O) groups is 1. The molecule has 1 N–H and O–H groups in total. The van der Waals surface area contributed by atoms with Crippen LogP contribution in [0.15, 0.2) is 79.1 Å². The van der Waals surface area contributed by atoms with E-state index in [1.54, 1.807) is 18.2 Å². The topological polar surface area (TPSA) is 46.5 Å². The molecule has 0 saturated heterocycles. The van der Waals surface area contributed by atoms with Gasteiger partial charge < -0.3 is 9.84 Å². The summed E-state index contributed by atoms with van der Waals surface area (Å²) in [5.74, 6) is 0.0629. The molecule has 0 bridgehead atoms. The highest BCUT2D eigenvalue weighted by molar-refractivity contribution is 6.08. The molecule has 0 unspecified atom stereocenters. The molecule has 116 valence electrons. The normalized spacial score (nSPS) is 11.0. The van der Waals surface area contributed by atoms with Crippen LogP contribution in [0.5, 0.6) is 11.5 Å². The Hall–Kier alpha value is -3.07. The number of ether oxygens (including phenoxy) is 1. The molecule has 0 radical (unpaired) electrons. The van der Waals surface area contributed by atoms with Crippen molar-refractivity contribution in [3.63, 3.8) is 0 Å². The SMILES string of the molecule is C=C(C)C=COc1ccc(C(=O)C=Cc2ccccc2)c(O)c1. The van der Waals surface area contributed by atoms with Gasteiger partial charge in [0.15, 0.2) is 5.78 Å². The molecule has 0 heterocycles. The Kier molecular flexibility index (Phi) is 5.53. The molecule has 2 rings (SSSR count). The minimum Gasteiger partial charge on any atom is -0.507 e. The molecule has 0 saturated carbocycles. The van der Waals surface area contributed by atoms with Crippen LogP contribution in [0.25, 0.3) is 6.08 Å². The molecule has 0 spiro atoms. The van der Waals surface area contributed by atoms with E-state index in [2.05, 4.69) is 6.58 Å². The molecule has 0 amide bonds. The lowest BCUT2D eigenvalue weighted by Gasteiger charge is -2.04. The standard InChI is InChI=1S/C20H18O3/c1-15(2)12-13-23-17-9-10-18(20(22)14-17)19(21)11-8-16-6-4-3-5-7-16/h3-14,22H,1H2,2H3. The predicted molar refractivity (Wildman–Crippen MR) is 92.5 cm³/mol. The van der Waals surface area contributed by atoms with Gasteiger partial charge in [-0.15, -0.1) is 0 Å². The minimum atomic E-state index is -0.268. The summed E-state index contributed by atoms with van der Waals surface area (Å²) in [6.45, 7) is 5.56. The quantitative estimate of drug-likeness (QED) is 0.362. The fraction of sp³-hybridized carbons (Fsp3) is 0.0500. The number of phenolic OH excluding ortho intramolecular Hbond substituents is 1. The first kappa shape index (κ1) is 16.3. The van der Waals surface area contributed by atoms with Gasteiger partial charge in [-0.1, -0.05) is 48.6 Å². The zero-order valence-electron chi connectivity index (χ0n) is 12.9. The molecule has 0 aliphatic heterocycles. The molecule has 0 aromatic heterocycles. The van der Waals surface area contributed by atoms with Crippen molar-refractivity contribution in [2.24, 2.45) is 0 Å². The third kappa shape index (κ3) is 5.00. The number of aromatic hydroxyl groups is 1.